The molecular weight excluding hydrogens is 408 g/mol. The minimum atomic E-state index is -0.743. The molecule has 5 aliphatic rings. The number of carboxylic acid groups (broad SMARTS) is 1. The predicted octanol–water partition coefficient (Wildman–Crippen LogP) is 7.44. The van der Waals surface area contributed by atoms with Crippen LogP contribution in [-0.4, -0.2) is 16.9 Å². The van der Waals surface area contributed by atoms with Gasteiger partial charge < -0.3 is 5.11 Å². The van der Waals surface area contributed by atoms with Crippen molar-refractivity contribution >= 4 is 11.8 Å². The van der Waals surface area contributed by atoms with Gasteiger partial charge in [0.05, 0.1) is 5.41 Å². The molecule has 4 saturated carbocycles. The third-order valence-corrected chi connectivity index (χ3v) is 12.6. The largest absolute Gasteiger partial charge is 0.481 e. The summed E-state index contributed by atoms with van der Waals surface area (Å²) < 4.78 is 0. The molecule has 0 heterocycles. The summed E-state index contributed by atoms with van der Waals surface area (Å²) in [5, 5.41) is 11.1. The quantitative estimate of drug-likeness (QED) is 0.419. The number of hydrogen-bond donors (Lipinski definition) is 1. The summed E-state index contributed by atoms with van der Waals surface area (Å²) in [5.74, 6) is 0.911. The maximum absolute atomic E-state index is 13.5. The number of hydrogen-bond acceptors (Lipinski definition) is 2. The molecule has 0 aromatic rings. The van der Waals surface area contributed by atoms with E-state index in [2.05, 4.69) is 54.5 Å². The van der Waals surface area contributed by atoms with Crippen LogP contribution >= 0.6 is 0 Å². The van der Waals surface area contributed by atoms with Crippen molar-refractivity contribution in [1.82, 2.24) is 0 Å². The zero-order chi connectivity index (χ0) is 24.2. The Morgan fingerprint density at radius 2 is 1.58 bits per heavy atom. The number of Topliss-reactive ketones (excluding diaryl/α,β-unsaturated/α-hetero) is 1. The molecular formula is C30H46O3. The first-order chi connectivity index (χ1) is 15.1. The molecule has 5 rings (SSSR count). The van der Waals surface area contributed by atoms with Crippen molar-refractivity contribution in [2.75, 3.05) is 0 Å². The summed E-state index contributed by atoms with van der Waals surface area (Å²) in [7, 11) is 0. The Kier molecular flexibility index (Phi) is 4.83. The van der Waals surface area contributed by atoms with Crippen LogP contribution in [0.5, 0.6) is 0 Å². The van der Waals surface area contributed by atoms with E-state index in [1.807, 2.05) is 0 Å². The highest BCUT2D eigenvalue weighted by atomic mass is 16.4. The van der Waals surface area contributed by atoms with Crippen molar-refractivity contribution in [2.45, 2.75) is 113 Å². The number of carboxylic acids is 1. The standard InChI is InChI=1S/C30H46O3/c1-25(2)14-15-27(5)16-17-30(24(32)33)19(20(27)18-25)8-9-22-28(6)12-11-23(31)26(3,4)21(28)10-13-29(22,30)7/h8,20-22H,9-18H2,1-7H3,(H,32,33)/t20-,21+,22-,27+,28-,29+,30+/m0/s1. The molecule has 3 heteroatoms. The number of carbonyl (C=O) groups is 2. The summed E-state index contributed by atoms with van der Waals surface area (Å²) in [5.41, 5.74) is 0.560. The molecule has 1 N–H and O–H groups in total. The second-order valence-corrected chi connectivity index (χ2v) is 14.9. The van der Waals surface area contributed by atoms with Gasteiger partial charge >= 0.3 is 5.97 Å². The average Bonchev–Trinajstić information content (AvgIpc) is 2.71. The van der Waals surface area contributed by atoms with Gasteiger partial charge in [-0.1, -0.05) is 60.1 Å². The van der Waals surface area contributed by atoms with Gasteiger partial charge in [-0.15, -0.1) is 0 Å². The highest BCUT2D eigenvalue weighted by Gasteiger charge is 2.71. The summed E-state index contributed by atoms with van der Waals surface area (Å²) in [4.78, 5) is 26.4. The lowest BCUT2D eigenvalue weighted by atomic mass is 9.33. The number of aliphatic carboxylic acids is 1. The second-order valence-electron chi connectivity index (χ2n) is 14.9. The molecule has 0 aliphatic heterocycles. The lowest BCUT2D eigenvalue weighted by molar-refractivity contribution is -0.200. The van der Waals surface area contributed by atoms with Crippen LogP contribution in [0.4, 0.5) is 0 Å². The molecule has 0 bridgehead atoms. The number of rotatable bonds is 1. The molecule has 7 atom stereocenters. The molecule has 0 unspecified atom stereocenters. The Hall–Kier alpha value is -1.12. The van der Waals surface area contributed by atoms with Crippen LogP contribution in [0.25, 0.3) is 0 Å². The van der Waals surface area contributed by atoms with Crippen molar-refractivity contribution in [2.24, 2.45) is 50.2 Å². The lowest BCUT2D eigenvalue weighted by Crippen LogP contribution is -2.66. The molecule has 0 amide bonds. The summed E-state index contributed by atoms with van der Waals surface area (Å²) in [6, 6.07) is 0. The highest BCUT2D eigenvalue weighted by Crippen LogP contribution is 2.75. The van der Waals surface area contributed by atoms with Crippen molar-refractivity contribution in [3.63, 3.8) is 0 Å². The molecule has 4 fully saturated rings. The molecule has 5 aliphatic carbocycles. The van der Waals surface area contributed by atoms with E-state index in [-0.39, 0.29) is 27.1 Å². The molecule has 184 valence electrons. The Labute approximate surface area is 201 Å². The van der Waals surface area contributed by atoms with E-state index in [0.717, 1.165) is 44.9 Å². The van der Waals surface area contributed by atoms with E-state index in [1.54, 1.807) is 0 Å². The first-order valence-electron chi connectivity index (χ1n) is 13.6. The fraction of sp³-hybridized carbons (Fsp3) is 0.867. The Morgan fingerprint density at radius 1 is 0.909 bits per heavy atom. The van der Waals surface area contributed by atoms with E-state index in [9.17, 15) is 14.7 Å². The van der Waals surface area contributed by atoms with E-state index in [1.165, 1.54) is 18.4 Å². The van der Waals surface area contributed by atoms with E-state index >= 15 is 0 Å². The first kappa shape index (κ1) is 23.6. The maximum atomic E-state index is 13.5. The van der Waals surface area contributed by atoms with Crippen LogP contribution in [0, 0.1) is 50.2 Å². The molecule has 0 saturated heterocycles. The van der Waals surface area contributed by atoms with Crippen LogP contribution in [-0.2, 0) is 9.59 Å². The monoisotopic (exact) mass is 454 g/mol. The van der Waals surface area contributed by atoms with Gasteiger partial charge in [-0.25, -0.2) is 0 Å². The van der Waals surface area contributed by atoms with Crippen LogP contribution in [0.3, 0.4) is 0 Å². The Bertz CT molecular complexity index is 927. The van der Waals surface area contributed by atoms with Crippen molar-refractivity contribution in [1.29, 1.82) is 0 Å². The van der Waals surface area contributed by atoms with Crippen molar-refractivity contribution < 1.29 is 14.7 Å². The lowest BCUT2D eigenvalue weighted by Gasteiger charge is -2.70. The van der Waals surface area contributed by atoms with Crippen LogP contribution in [0.2, 0.25) is 0 Å². The highest BCUT2D eigenvalue weighted by molar-refractivity contribution is 5.86. The average molecular weight is 455 g/mol. The molecule has 3 nitrogen and oxygen atoms in total. The van der Waals surface area contributed by atoms with Gasteiger partial charge in [-0.2, -0.15) is 0 Å². The molecule has 0 aromatic heterocycles. The number of fused-ring (bicyclic) bond motifs is 7. The van der Waals surface area contributed by atoms with Gasteiger partial charge in [0.15, 0.2) is 0 Å². The number of allylic oxidation sites excluding steroid dienone is 1. The minimum Gasteiger partial charge on any atom is -0.481 e. The topological polar surface area (TPSA) is 54.4 Å². The third-order valence-electron chi connectivity index (χ3n) is 12.6. The zero-order valence-corrected chi connectivity index (χ0v) is 22.1. The third kappa shape index (κ3) is 2.80. The van der Waals surface area contributed by atoms with Crippen LogP contribution < -0.4 is 0 Å². The Balaban J connectivity index is 1.65. The molecule has 0 spiro atoms. The summed E-state index contributed by atoms with van der Waals surface area (Å²) in [6.45, 7) is 16.3. The fourth-order valence-electron chi connectivity index (χ4n) is 10.4. The smallest absolute Gasteiger partial charge is 0.314 e. The van der Waals surface area contributed by atoms with E-state index in [4.69, 9.17) is 0 Å². The minimum absolute atomic E-state index is 0.0292. The van der Waals surface area contributed by atoms with Gasteiger partial charge in [0.1, 0.15) is 5.78 Å². The summed E-state index contributed by atoms with van der Waals surface area (Å²) >= 11 is 0. The van der Waals surface area contributed by atoms with E-state index < -0.39 is 11.4 Å². The van der Waals surface area contributed by atoms with Crippen LogP contribution in [0.1, 0.15) is 113 Å². The van der Waals surface area contributed by atoms with Gasteiger partial charge in [0, 0.05) is 11.8 Å². The van der Waals surface area contributed by atoms with E-state index in [0.29, 0.717) is 30.0 Å². The zero-order valence-electron chi connectivity index (χ0n) is 22.1. The fourth-order valence-corrected chi connectivity index (χ4v) is 10.4. The second kappa shape index (κ2) is 6.76. The van der Waals surface area contributed by atoms with Gasteiger partial charge in [-0.05, 0) is 97.2 Å². The first-order valence-corrected chi connectivity index (χ1v) is 13.6. The van der Waals surface area contributed by atoms with Crippen molar-refractivity contribution in [3.05, 3.63) is 11.6 Å². The maximum Gasteiger partial charge on any atom is 0.314 e. The Morgan fingerprint density at radius 3 is 2.24 bits per heavy atom. The van der Waals surface area contributed by atoms with Gasteiger partial charge in [0.2, 0.25) is 0 Å². The summed E-state index contributed by atoms with van der Waals surface area (Å²) in [6.07, 6.45) is 12.3. The van der Waals surface area contributed by atoms with Crippen LogP contribution in [0.15, 0.2) is 11.6 Å². The number of ketones is 1. The molecule has 0 aromatic carbocycles. The van der Waals surface area contributed by atoms with Gasteiger partial charge in [0.25, 0.3) is 0 Å². The predicted molar refractivity (Wildman–Crippen MR) is 132 cm³/mol. The normalized spacial score (nSPS) is 50.2. The SMILES string of the molecule is CC1(C)CC[C@]2(C)CC[C@]3(C(=O)O)C(=CC[C@H]4[C@@]5(C)CCC(=O)C(C)(C)[C@H]5CC[C@]43C)[C@@H]2C1. The molecule has 33 heavy (non-hydrogen) atoms. The molecule has 0 radical (unpaired) electrons. The number of carbonyl (C=O) groups excluding carboxylic acids is 1. The van der Waals surface area contributed by atoms with Crippen molar-refractivity contribution in [3.8, 4) is 0 Å². The van der Waals surface area contributed by atoms with Gasteiger partial charge in [-0.3, -0.25) is 9.59 Å².